The zero-order valence-corrected chi connectivity index (χ0v) is 21.4. The Morgan fingerprint density at radius 2 is 1.81 bits per heavy atom. The number of hydrogen-bond donors (Lipinski definition) is 3. The second-order valence-corrected chi connectivity index (χ2v) is 11.6. The van der Waals surface area contributed by atoms with Crippen molar-refractivity contribution in [1.29, 1.82) is 0 Å². The lowest BCUT2D eigenvalue weighted by atomic mass is 9.83. The van der Waals surface area contributed by atoms with Gasteiger partial charge in [-0.05, 0) is 91.6 Å². The molecule has 37 heavy (non-hydrogen) atoms. The molecule has 0 aliphatic heterocycles. The summed E-state index contributed by atoms with van der Waals surface area (Å²) in [7, 11) is -3.66. The van der Waals surface area contributed by atoms with Gasteiger partial charge in [-0.3, -0.25) is 4.79 Å². The Bertz CT molecular complexity index is 1440. The highest BCUT2D eigenvalue weighted by Gasteiger charge is 2.23. The summed E-state index contributed by atoms with van der Waals surface area (Å²) >= 11 is 0. The summed E-state index contributed by atoms with van der Waals surface area (Å²) in [6.07, 6.45) is 5.48. The van der Waals surface area contributed by atoms with Crippen LogP contribution >= 0.6 is 0 Å². The summed E-state index contributed by atoms with van der Waals surface area (Å²) in [6, 6.07) is 8.52. The molecule has 0 radical (unpaired) electrons. The SMILES string of the molecule is C[C@@H](NC(=O)c1ccc(-c2cc([C@H]3CC[C@H](O)CC3)cnc2N)cc1F)c1cc(F)cc(S(C)(=O)=O)c1. The topological polar surface area (TPSA) is 122 Å². The number of nitrogens with zero attached hydrogens (tertiary/aromatic N) is 1. The number of sulfone groups is 1. The first-order valence-corrected chi connectivity index (χ1v) is 13.9. The average Bonchev–Trinajstić information content (AvgIpc) is 2.84. The number of pyridine rings is 1. The number of benzene rings is 2. The van der Waals surface area contributed by atoms with E-state index in [-0.39, 0.29) is 33.9 Å². The predicted octanol–water partition coefficient (Wildman–Crippen LogP) is 4.52. The van der Waals surface area contributed by atoms with Crippen LogP contribution in [-0.2, 0) is 9.84 Å². The van der Waals surface area contributed by atoms with Crippen LogP contribution in [0.2, 0.25) is 0 Å². The van der Waals surface area contributed by atoms with Crippen LogP contribution in [0.1, 0.15) is 66.1 Å². The fourth-order valence-corrected chi connectivity index (χ4v) is 5.30. The summed E-state index contributed by atoms with van der Waals surface area (Å²) in [5.41, 5.74) is 8.08. The fraction of sp³-hybridized carbons (Fsp3) is 0.333. The minimum absolute atomic E-state index is 0.211. The molecule has 196 valence electrons. The molecule has 1 saturated carbocycles. The van der Waals surface area contributed by atoms with E-state index >= 15 is 4.39 Å². The third kappa shape index (κ3) is 6.14. The molecule has 3 aromatic rings. The quantitative estimate of drug-likeness (QED) is 0.432. The van der Waals surface area contributed by atoms with Crippen LogP contribution in [0.5, 0.6) is 0 Å². The normalized spacial score (nSPS) is 18.8. The standard InChI is InChI=1S/C27H29F2N3O4S/c1-15(18-9-20(28)13-22(10-18)37(2,35)36)32-27(34)23-8-5-17(12-25(23)29)24-11-19(14-31-26(24)30)16-3-6-21(33)7-4-16/h5,8-16,21,33H,3-4,6-7H2,1-2H3,(H2,30,31)(H,32,34)/t15-,16-,21-/m1/s1. The molecule has 1 heterocycles. The molecule has 7 nitrogen and oxygen atoms in total. The number of carbonyl (C=O) groups is 1. The summed E-state index contributed by atoms with van der Waals surface area (Å²) in [6.45, 7) is 1.55. The number of amides is 1. The molecule has 2 aromatic carbocycles. The molecule has 0 bridgehead atoms. The average molecular weight is 530 g/mol. The van der Waals surface area contributed by atoms with E-state index < -0.39 is 33.4 Å². The highest BCUT2D eigenvalue weighted by atomic mass is 32.2. The maximum atomic E-state index is 15.1. The van der Waals surface area contributed by atoms with Gasteiger partial charge in [0.25, 0.3) is 5.91 Å². The fourth-order valence-electron chi connectivity index (χ4n) is 4.63. The molecular formula is C27H29F2N3O4S. The van der Waals surface area contributed by atoms with Crippen molar-refractivity contribution in [2.75, 3.05) is 12.0 Å². The third-order valence-electron chi connectivity index (χ3n) is 6.80. The van der Waals surface area contributed by atoms with E-state index in [4.69, 9.17) is 5.73 Å². The van der Waals surface area contributed by atoms with Crippen LogP contribution in [0.4, 0.5) is 14.6 Å². The highest BCUT2D eigenvalue weighted by molar-refractivity contribution is 7.90. The number of aliphatic hydroxyl groups is 1. The van der Waals surface area contributed by atoms with Gasteiger partial charge in [-0.1, -0.05) is 6.07 Å². The van der Waals surface area contributed by atoms with Crippen molar-refractivity contribution in [3.8, 4) is 11.1 Å². The first-order valence-electron chi connectivity index (χ1n) is 12.0. The number of aromatic nitrogens is 1. The Labute approximate surface area is 214 Å². The molecule has 1 fully saturated rings. The molecule has 0 saturated heterocycles. The summed E-state index contributed by atoms with van der Waals surface area (Å²) < 4.78 is 52.7. The molecule has 1 amide bonds. The molecule has 1 aromatic heterocycles. The molecule has 10 heteroatoms. The minimum atomic E-state index is -3.66. The summed E-state index contributed by atoms with van der Waals surface area (Å²) in [5, 5.41) is 12.4. The molecule has 0 spiro atoms. The van der Waals surface area contributed by atoms with Crippen molar-refractivity contribution < 1.29 is 27.1 Å². The van der Waals surface area contributed by atoms with E-state index in [1.54, 1.807) is 19.2 Å². The molecule has 4 N–H and O–H groups in total. The van der Waals surface area contributed by atoms with Crippen molar-refractivity contribution in [2.24, 2.45) is 0 Å². The van der Waals surface area contributed by atoms with Crippen LogP contribution < -0.4 is 11.1 Å². The second-order valence-electron chi connectivity index (χ2n) is 9.59. The number of anilines is 1. The van der Waals surface area contributed by atoms with E-state index in [9.17, 15) is 22.7 Å². The Balaban J connectivity index is 1.54. The Morgan fingerprint density at radius 1 is 1.11 bits per heavy atom. The molecule has 1 aliphatic carbocycles. The first-order chi connectivity index (χ1) is 17.4. The van der Waals surface area contributed by atoms with Crippen LogP contribution in [0, 0.1) is 11.6 Å². The Morgan fingerprint density at radius 3 is 2.46 bits per heavy atom. The van der Waals surface area contributed by atoms with Gasteiger partial charge >= 0.3 is 0 Å². The molecule has 1 aliphatic rings. The molecule has 0 unspecified atom stereocenters. The van der Waals surface area contributed by atoms with Crippen molar-refractivity contribution in [1.82, 2.24) is 10.3 Å². The lowest BCUT2D eigenvalue weighted by molar-refractivity contribution is 0.0935. The number of rotatable bonds is 6. The van der Waals surface area contributed by atoms with E-state index in [2.05, 4.69) is 10.3 Å². The molecule has 1 atom stereocenters. The first kappa shape index (κ1) is 26.7. The van der Waals surface area contributed by atoms with E-state index in [0.29, 0.717) is 24.0 Å². The predicted molar refractivity (Wildman–Crippen MR) is 137 cm³/mol. The van der Waals surface area contributed by atoms with Crippen LogP contribution in [0.25, 0.3) is 11.1 Å². The monoisotopic (exact) mass is 529 g/mol. The largest absolute Gasteiger partial charge is 0.393 e. The number of nitrogens with two attached hydrogens (primary N) is 1. The van der Waals surface area contributed by atoms with Gasteiger partial charge in [0.1, 0.15) is 17.5 Å². The number of halogens is 2. The van der Waals surface area contributed by atoms with Gasteiger partial charge in [0.05, 0.1) is 22.6 Å². The minimum Gasteiger partial charge on any atom is -0.393 e. The zero-order chi connectivity index (χ0) is 26.9. The van der Waals surface area contributed by atoms with Crippen LogP contribution in [-0.4, -0.2) is 36.8 Å². The van der Waals surface area contributed by atoms with E-state index in [1.165, 1.54) is 18.2 Å². The van der Waals surface area contributed by atoms with Crippen molar-refractivity contribution in [3.05, 3.63) is 77.0 Å². The third-order valence-corrected chi connectivity index (χ3v) is 7.89. The van der Waals surface area contributed by atoms with Gasteiger partial charge in [-0.15, -0.1) is 0 Å². The maximum absolute atomic E-state index is 15.1. The second kappa shape index (κ2) is 10.5. The number of nitrogen functional groups attached to an aromatic ring is 1. The van der Waals surface area contributed by atoms with Crippen molar-refractivity contribution in [3.63, 3.8) is 0 Å². The lowest BCUT2D eigenvalue weighted by Crippen LogP contribution is -2.27. The highest BCUT2D eigenvalue weighted by Crippen LogP contribution is 2.36. The van der Waals surface area contributed by atoms with Gasteiger partial charge in [0.15, 0.2) is 9.84 Å². The Hall–Kier alpha value is -3.37. The maximum Gasteiger partial charge on any atom is 0.254 e. The smallest absolute Gasteiger partial charge is 0.254 e. The van der Waals surface area contributed by atoms with E-state index in [0.717, 1.165) is 36.8 Å². The molecule has 4 rings (SSSR count). The summed E-state index contributed by atoms with van der Waals surface area (Å²) in [4.78, 5) is 16.9. The van der Waals surface area contributed by atoms with Crippen molar-refractivity contribution >= 4 is 21.6 Å². The van der Waals surface area contributed by atoms with Gasteiger partial charge in [0, 0.05) is 18.0 Å². The number of nitrogens with one attached hydrogen (secondary N) is 1. The number of hydrogen-bond acceptors (Lipinski definition) is 6. The number of aliphatic hydroxyl groups excluding tert-OH is 1. The summed E-state index contributed by atoms with van der Waals surface area (Å²) in [5.74, 6) is -1.80. The van der Waals surface area contributed by atoms with Crippen molar-refractivity contribution in [2.45, 2.75) is 55.6 Å². The lowest BCUT2D eigenvalue weighted by Gasteiger charge is -2.26. The van der Waals surface area contributed by atoms with Gasteiger partial charge < -0.3 is 16.2 Å². The molecular weight excluding hydrogens is 500 g/mol. The zero-order valence-electron chi connectivity index (χ0n) is 20.5. The van der Waals surface area contributed by atoms with Gasteiger partial charge in [-0.2, -0.15) is 0 Å². The van der Waals surface area contributed by atoms with Crippen LogP contribution in [0.3, 0.4) is 0 Å². The van der Waals surface area contributed by atoms with Crippen LogP contribution in [0.15, 0.2) is 53.6 Å². The van der Waals surface area contributed by atoms with E-state index in [1.807, 2.05) is 6.07 Å². The van der Waals surface area contributed by atoms with Gasteiger partial charge in [0.2, 0.25) is 0 Å². The van der Waals surface area contributed by atoms with Gasteiger partial charge in [-0.25, -0.2) is 22.2 Å². The number of carbonyl (C=O) groups excluding carboxylic acids is 1. The Kier molecular flexibility index (Phi) is 7.61.